The van der Waals surface area contributed by atoms with Crippen LogP contribution in [0.15, 0.2) is 71.6 Å². The number of nitrogens with two attached hydrogens (primary N) is 1. The zero-order chi connectivity index (χ0) is 24.2. The summed E-state index contributed by atoms with van der Waals surface area (Å²) >= 11 is 0. The molecule has 0 saturated carbocycles. The van der Waals surface area contributed by atoms with E-state index in [9.17, 15) is 26.4 Å². The van der Waals surface area contributed by atoms with Crippen LogP contribution in [0.5, 0.6) is 0 Å². The number of primary amides is 1. The van der Waals surface area contributed by atoms with Crippen LogP contribution in [0.3, 0.4) is 0 Å². The molecule has 6 nitrogen and oxygen atoms in total. The molecule has 0 aliphatic rings. The Morgan fingerprint density at radius 3 is 2.15 bits per heavy atom. The SMILES string of the molecule is CNS(=O)(=O)c1cc(Cc2ccccc2)c(NCc2ccc(C(F)(F)F)cc2)c(C(N)=O)c1. The topological polar surface area (TPSA) is 101 Å². The number of carbonyl (C=O) groups is 1. The van der Waals surface area contributed by atoms with Crippen molar-refractivity contribution in [2.75, 3.05) is 12.4 Å². The first-order valence-corrected chi connectivity index (χ1v) is 11.3. The number of nitrogens with one attached hydrogen (secondary N) is 2. The van der Waals surface area contributed by atoms with Crippen LogP contribution in [-0.4, -0.2) is 21.4 Å². The molecule has 0 bridgehead atoms. The van der Waals surface area contributed by atoms with Crippen molar-refractivity contribution in [3.05, 3.63) is 94.5 Å². The molecule has 0 spiro atoms. The summed E-state index contributed by atoms with van der Waals surface area (Å²) in [5.74, 6) is -0.840. The van der Waals surface area contributed by atoms with E-state index in [0.717, 1.165) is 17.7 Å². The van der Waals surface area contributed by atoms with Crippen molar-refractivity contribution >= 4 is 21.6 Å². The quantitative estimate of drug-likeness (QED) is 0.458. The first-order chi connectivity index (χ1) is 15.5. The maximum atomic E-state index is 12.8. The van der Waals surface area contributed by atoms with Crippen LogP contribution in [0.25, 0.3) is 0 Å². The normalized spacial score (nSPS) is 11.9. The fourth-order valence-electron chi connectivity index (χ4n) is 3.31. The summed E-state index contributed by atoms with van der Waals surface area (Å²) in [6.45, 7) is 0.0956. The van der Waals surface area contributed by atoms with Gasteiger partial charge in [0.15, 0.2) is 0 Å². The van der Waals surface area contributed by atoms with Gasteiger partial charge in [0.05, 0.1) is 21.7 Å². The minimum Gasteiger partial charge on any atom is -0.380 e. The van der Waals surface area contributed by atoms with Crippen molar-refractivity contribution in [3.8, 4) is 0 Å². The molecular formula is C23H22F3N3O3S. The third-order valence-electron chi connectivity index (χ3n) is 5.03. The maximum absolute atomic E-state index is 12.8. The Morgan fingerprint density at radius 1 is 0.970 bits per heavy atom. The number of rotatable bonds is 8. The van der Waals surface area contributed by atoms with Gasteiger partial charge in [-0.2, -0.15) is 13.2 Å². The average molecular weight is 478 g/mol. The number of carbonyl (C=O) groups excluding carboxylic acids is 1. The molecule has 0 radical (unpaired) electrons. The summed E-state index contributed by atoms with van der Waals surface area (Å²) in [6.07, 6.45) is -4.15. The van der Waals surface area contributed by atoms with Crippen molar-refractivity contribution < 1.29 is 26.4 Å². The van der Waals surface area contributed by atoms with Gasteiger partial charge >= 0.3 is 6.18 Å². The predicted molar refractivity (Wildman–Crippen MR) is 119 cm³/mol. The van der Waals surface area contributed by atoms with E-state index in [4.69, 9.17) is 5.73 Å². The van der Waals surface area contributed by atoms with Gasteiger partial charge in [0.25, 0.3) is 5.91 Å². The smallest absolute Gasteiger partial charge is 0.380 e. The van der Waals surface area contributed by atoms with Gasteiger partial charge in [-0.05, 0) is 54.4 Å². The Morgan fingerprint density at radius 2 is 1.61 bits per heavy atom. The van der Waals surface area contributed by atoms with E-state index < -0.39 is 27.7 Å². The molecule has 0 atom stereocenters. The number of halogens is 3. The summed E-state index contributed by atoms with van der Waals surface area (Å²) in [4.78, 5) is 12.1. The molecule has 0 aromatic heterocycles. The summed E-state index contributed by atoms with van der Waals surface area (Å²) < 4.78 is 65.5. The standard InChI is InChI=1S/C23H22F3N3O3S/c1-28-33(31,32)19-12-17(11-15-5-3-2-4-6-15)21(20(13-19)22(27)30)29-14-16-7-9-18(10-8-16)23(24,25)26/h2-10,12-13,28-29H,11,14H2,1H3,(H2,27,30). The summed E-state index contributed by atoms with van der Waals surface area (Å²) in [5, 5.41) is 3.06. The lowest BCUT2D eigenvalue weighted by atomic mass is 9.99. The second kappa shape index (κ2) is 9.63. The van der Waals surface area contributed by atoms with E-state index in [1.165, 1.54) is 31.3 Å². The Balaban J connectivity index is 2.03. The zero-order valence-electron chi connectivity index (χ0n) is 17.6. The monoisotopic (exact) mass is 477 g/mol. The van der Waals surface area contributed by atoms with Gasteiger partial charge in [-0.1, -0.05) is 42.5 Å². The molecule has 0 unspecified atom stereocenters. The highest BCUT2D eigenvalue weighted by molar-refractivity contribution is 7.89. The summed E-state index contributed by atoms with van der Waals surface area (Å²) in [6, 6.07) is 16.4. The van der Waals surface area contributed by atoms with Crippen LogP contribution in [0.1, 0.15) is 32.6 Å². The fraction of sp³-hybridized carbons (Fsp3) is 0.174. The largest absolute Gasteiger partial charge is 0.416 e. The van der Waals surface area contributed by atoms with Crippen LogP contribution in [0, 0.1) is 0 Å². The van der Waals surface area contributed by atoms with Crippen molar-refractivity contribution in [1.82, 2.24) is 4.72 Å². The Labute approximate surface area is 189 Å². The van der Waals surface area contributed by atoms with Gasteiger partial charge in [0.1, 0.15) is 0 Å². The molecule has 3 aromatic rings. The Hall–Kier alpha value is -3.37. The van der Waals surface area contributed by atoms with Crippen LogP contribution < -0.4 is 15.8 Å². The van der Waals surface area contributed by atoms with Gasteiger partial charge in [-0.3, -0.25) is 4.79 Å². The van der Waals surface area contributed by atoms with Crippen molar-refractivity contribution in [2.45, 2.75) is 24.0 Å². The number of sulfonamides is 1. The summed E-state index contributed by atoms with van der Waals surface area (Å²) in [5.41, 5.74) is 6.96. The first kappa shape index (κ1) is 24.3. The van der Waals surface area contributed by atoms with Crippen molar-refractivity contribution in [1.29, 1.82) is 0 Å². The molecule has 0 aliphatic heterocycles. The minimum atomic E-state index is -4.44. The maximum Gasteiger partial charge on any atom is 0.416 e. The molecule has 0 fully saturated rings. The average Bonchev–Trinajstić information content (AvgIpc) is 2.78. The van der Waals surface area contributed by atoms with Crippen LogP contribution in [0.2, 0.25) is 0 Å². The fourth-order valence-corrected chi connectivity index (χ4v) is 4.11. The molecule has 0 aliphatic carbocycles. The van der Waals surface area contributed by atoms with Crippen LogP contribution in [-0.2, 0) is 29.2 Å². The van der Waals surface area contributed by atoms with E-state index in [1.54, 1.807) is 0 Å². The number of amides is 1. The molecule has 0 heterocycles. The molecule has 0 saturated heterocycles. The highest BCUT2D eigenvalue weighted by Gasteiger charge is 2.30. The van der Waals surface area contributed by atoms with Gasteiger partial charge in [0, 0.05) is 6.54 Å². The molecule has 174 valence electrons. The van der Waals surface area contributed by atoms with E-state index in [0.29, 0.717) is 23.2 Å². The van der Waals surface area contributed by atoms with Gasteiger partial charge in [-0.25, -0.2) is 13.1 Å². The number of hydrogen-bond acceptors (Lipinski definition) is 4. The third-order valence-corrected chi connectivity index (χ3v) is 6.42. The molecule has 3 aromatic carbocycles. The number of hydrogen-bond donors (Lipinski definition) is 3. The van der Waals surface area contributed by atoms with E-state index in [1.807, 2.05) is 30.3 Å². The number of anilines is 1. The lowest BCUT2D eigenvalue weighted by Crippen LogP contribution is -2.22. The van der Waals surface area contributed by atoms with E-state index in [2.05, 4.69) is 10.0 Å². The van der Waals surface area contributed by atoms with E-state index >= 15 is 0 Å². The predicted octanol–water partition coefficient (Wildman–Crippen LogP) is 3.92. The first-order valence-electron chi connectivity index (χ1n) is 9.85. The van der Waals surface area contributed by atoms with Crippen LogP contribution in [0.4, 0.5) is 18.9 Å². The van der Waals surface area contributed by atoms with Gasteiger partial charge in [-0.15, -0.1) is 0 Å². The minimum absolute atomic E-state index is 0.0378. The molecular weight excluding hydrogens is 455 g/mol. The second-order valence-corrected chi connectivity index (χ2v) is 9.17. The number of benzene rings is 3. The Kier molecular flexibility index (Phi) is 7.09. The molecule has 4 N–H and O–H groups in total. The van der Waals surface area contributed by atoms with E-state index in [-0.39, 0.29) is 17.0 Å². The summed E-state index contributed by atoms with van der Waals surface area (Å²) in [7, 11) is -2.61. The molecule has 10 heteroatoms. The zero-order valence-corrected chi connectivity index (χ0v) is 18.4. The second-order valence-electron chi connectivity index (χ2n) is 7.29. The lowest BCUT2D eigenvalue weighted by molar-refractivity contribution is -0.137. The van der Waals surface area contributed by atoms with Crippen LogP contribution >= 0.6 is 0 Å². The lowest BCUT2D eigenvalue weighted by Gasteiger charge is -2.18. The Bertz CT molecular complexity index is 1240. The van der Waals surface area contributed by atoms with Gasteiger partial charge < -0.3 is 11.1 Å². The van der Waals surface area contributed by atoms with Crippen molar-refractivity contribution in [3.63, 3.8) is 0 Å². The number of alkyl halides is 3. The van der Waals surface area contributed by atoms with Gasteiger partial charge in [0.2, 0.25) is 10.0 Å². The molecule has 33 heavy (non-hydrogen) atoms. The molecule has 3 rings (SSSR count). The highest BCUT2D eigenvalue weighted by atomic mass is 32.2. The third kappa shape index (κ3) is 5.91. The van der Waals surface area contributed by atoms with Crippen molar-refractivity contribution in [2.24, 2.45) is 5.73 Å². The highest BCUT2D eigenvalue weighted by Crippen LogP contribution is 2.31. The molecule has 1 amide bonds.